The maximum Gasteiger partial charge on any atom is 0.391 e. The maximum absolute atomic E-state index is 12.0. The first kappa shape index (κ1) is 17.1. The third kappa shape index (κ3) is 5.90. The van der Waals surface area contributed by atoms with Gasteiger partial charge in [0.15, 0.2) is 0 Å². The number of hydrogen-bond acceptors (Lipinski definition) is 4. The standard InChI is InChI=1S/C13H17F3N2O3/c1-8(21-6-5-13(14,15)16)12(19)18-11-4-3-9(20-2)7-10(11)17/h3-4,7-8H,5-6,17H2,1-2H3,(H,18,19). The molecular weight excluding hydrogens is 289 g/mol. The highest BCUT2D eigenvalue weighted by atomic mass is 19.4. The lowest BCUT2D eigenvalue weighted by Gasteiger charge is -2.15. The number of halogens is 3. The van der Waals surface area contributed by atoms with Gasteiger partial charge < -0.3 is 20.5 Å². The number of alkyl halides is 3. The molecule has 1 rings (SSSR count). The smallest absolute Gasteiger partial charge is 0.391 e. The van der Waals surface area contributed by atoms with Crippen molar-refractivity contribution in [3.8, 4) is 5.75 Å². The first-order valence-electron chi connectivity index (χ1n) is 6.15. The Bertz CT molecular complexity index is 492. The Kier molecular flexibility index (Phi) is 5.83. The van der Waals surface area contributed by atoms with Gasteiger partial charge in [0.2, 0.25) is 0 Å². The number of hydrogen-bond donors (Lipinski definition) is 2. The molecule has 0 aromatic heterocycles. The monoisotopic (exact) mass is 306 g/mol. The Morgan fingerprint density at radius 1 is 1.43 bits per heavy atom. The van der Waals surface area contributed by atoms with Gasteiger partial charge in [0.25, 0.3) is 5.91 Å². The van der Waals surface area contributed by atoms with Crippen LogP contribution in [0.25, 0.3) is 0 Å². The maximum atomic E-state index is 12.0. The van der Waals surface area contributed by atoms with Crippen LogP contribution in [0.2, 0.25) is 0 Å². The molecule has 21 heavy (non-hydrogen) atoms. The number of carbonyl (C=O) groups is 1. The van der Waals surface area contributed by atoms with Gasteiger partial charge in [0.1, 0.15) is 11.9 Å². The summed E-state index contributed by atoms with van der Waals surface area (Å²) in [7, 11) is 1.48. The van der Waals surface area contributed by atoms with E-state index in [-0.39, 0.29) is 5.69 Å². The number of methoxy groups -OCH3 is 1. The second kappa shape index (κ2) is 7.16. The first-order chi connectivity index (χ1) is 9.73. The molecule has 1 atom stereocenters. The van der Waals surface area contributed by atoms with Gasteiger partial charge in [-0.05, 0) is 19.1 Å². The fourth-order valence-corrected chi connectivity index (χ4v) is 1.44. The molecule has 0 heterocycles. The lowest BCUT2D eigenvalue weighted by Crippen LogP contribution is -2.29. The third-order valence-corrected chi connectivity index (χ3v) is 2.64. The predicted molar refractivity (Wildman–Crippen MR) is 72.1 cm³/mol. The summed E-state index contributed by atoms with van der Waals surface area (Å²) in [6.45, 7) is 0.793. The molecule has 0 bridgehead atoms. The molecule has 0 aliphatic carbocycles. The van der Waals surface area contributed by atoms with Crippen LogP contribution in [0, 0.1) is 0 Å². The van der Waals surface area contributed by atoms with E-state index in [1.165, 1.54) is 26.2 Å². The van der Waals surface area contributed by atoms with Crippen LogP contribution >= 0.6 is 0 Å². The largest absolute Gasteiger partial charge is 0.497 e. The second-order valence-corrected chi connectivity index (χ2v) is 4.32. The van der Waals surface area contributed by atoms with Gasteiger partial charge in [-0.25, -0.2) is 0 Å². The third-order valence-electron chi connectivity index (χ3n) is 2.64. The number of rotatable bonds is 6. The summed E-state index contributed by atoms with van der Waals surface area (Å²) in [5.74, 6) is -0.0472. The minimum absolute atomic E-state index is 0.283. The molecule has 0 aliphatic heterocycles. The van der Waals surface area contributed by atoms with E-state index in [1.54, 1.807) is 6.07 Å². The van der Waals surface area contributed by atoms with Crippen molar-refractivity contribution in [3.05, 3.63) is 18.2 Å². The number of nitrogens with two attached hydrogens (primary N) is 1. The van der Waals surface area contributed by atoms with E-state index in [2.05, 4.69) is 5.32 Å². The summed E-state index contributed by atoms with van der Waals surface area (Å²) >= 11 is 0. The van der Waals surface area contributed by atoms with Gasteiger partial charge >= 0.3 is 6.18 Å². The molecule has 0 saturated carbocycles. The summed E-state index contributed by atoms with van der Waals surface area (Å²) in [4.78, 5) is 11.8. The Morgan fingerprint density at radius 2 is 2.10 bits per heavy atom. The number of nitrogens with one attached hydrogen (secondary N) is 1. The van der Waals surface area contributed by atoms with Crippen LogP contribution in [0.4, 0.5) is 24.5 Å². The molecule has 0 radical (unpaired) electrons. The normalized spacial score (nSPS) is 12.8. The van der Waals surface area contributed by atoms with E-state index in [9.17, 15) is 18.0 Å². The average molecular weight is 306 g/mol. The van der Waals surface area contributed by atoms with Crippen LogP contribution in [-0.2, 0) is 9.53 Å². The predicted octanol–water partition coefficient (Wildman–Crippen LogP) is 2.57. The highest BCUT2D eigenvalue weighted by molar-refractivity contribution is 5.96. The van der Waals surface area contributed by atoms with Crippen molar-refractivity contribution in [2.75, 3.05) is 24.8 Å². The summed E-state index contributed by atoms with van der Waals surface area (Å²) in [6, 6.07) is 4.65. The van der Waals surface area contributed by atoms with Crippen LogP contribution in [0.15, 0.2) is 18.2 Å². The minimum atomic E-state index is -4.31. The number of nitrogen functional groups attached to an aromatic ring is 1. The summed E-state index contributed by atoms with van der Waals surface area (Å²) in [6.07, 6.45) is -6.43. The number of ether oxygens (including phenoxy) is 2. The summed E-state index contributed by atoms with van der Waals surface area (Å²) in [5.41, 5.74) is 6.34. The highest BCUT2D eigenvalue weighted by Gasteiger charge is 2.27. The zero-order valence-corrected chi connectivity index (χ0v) is 11.7. The molecule has 0 aliphatic rings. The zero-order valence-electron chi connectivity index (χ0n) is 11.7. The van der Waals surface area contributed by atoms with Crippen molar-refractivity contribution >= 4 is 17.3 Å². The molecule has 118 valence electrons. The lowest BCUT2D eigenvalue weighted by atomic mass is 10.2. The molecule has 1 unspecified atom stereocenters. The fraction of sp³-hybridized carbons (Fsp3) is 0.462. The van der Waals surface area contributed by atoms with E-state index >= 15 is 0 Å². The molecular formula is C13H17F3N2O3. The molecule has 3 N–H and O–H groups in total. The van der Waals surface area contributed by atoms with Gasteiger partial charge in [-0.3, -0.25) is 4.79 Å². The van der Waals surface area contributed by atoms with Gasteiger partial charge in [-0.2, -0.15) is 13.2 Å². The molecule has 8 heteroatoms. The van der Waals surface area contributed by atoms with Crippen LogP contribution in [0.5, 0.6) is 5.75 Å². The van der Waals surface area contributed by atoms with E-state index in [1.807, 2.05) is 0 Å². The number of anilines is 2. The lowest BCUT2D eigenvalue weighted by molar-refractivity contribution is -0.152. The Hall–Kier alpha value is -1.96. The van der Waals surface area contributed by atoms with Crippen LogP contribution in [0.3, 0.4) is 0 Å². The number of carbonyl (C=O) groups excluding carboxylic acids is 1. The molecule has 0 fully saturated rings. The topological polar surface area (TPSA) is 73.6 Å². The van der Waals surface area contributed by atoms with Gasteiger partial charge in [0, 0.05) is 6.07 Å². The van der Waals surface area contributed by atoms with Crippen molar-refractivity contribution in [3.63, 3.8) is 0 Å². The Balaban J connectivity index is 2.52. The molecule has 0 saturated heterocycles. The summed E-state index contributed by atoms with van der Waals surface area (Å²) < 4.78 is 45.7. The van der Waals surface area contributed by atoms with Gasteiger partial charge in [-0.1, -0.05) is 0 Å². The van der Waals surface area contributed by atoms with Gasteiger partial charge in [0.05, 0.1) is 31.5 Å². The first-order valence-corrected chi connectivity index (χ1v) is 6.15. The fourth-order valence-electron chi connectivity index (χ4n) is 1.44. The van der Waals surface area contributed by atoms with Gasteiger partial charge in [-0.15, -0.1) is 0 Å². The summed E-state index contributed by atoms with van der Waals surface area (Å²) in [5, 5.41) is 2.48. The molecule has 5 nitrogen and oxygen atoms in total. The van der Waals surface area contributed by atoms with Crippen molar-refractivity contribution < 1.29 is 27.4 Å². The zero-order chi connectivity index (χ0) is 16.0. The van der Waals surface area contributed by atoms with Crippen LogP contribution in [0.1, 0.15) is 13.3 Å². The SMILES string of the molecule is COc1ccc(NC(=O)C(C)OCCC(F)(F)F)c(N)c1. The van der Waals surface area contributed by atoms with E-state index in [4.69, 9.17) is 15.2 Å². The highest BCUT2D eigenvalue weighted by Crippen LogP contribution is 2.24. The van der Waals surface area contributed by atoms with E-state index in [0.29, 0.717) is 11.4 Å². The van der Waals surface area contributed by atoms with Crippen LogP contribution in [-0.4, -0.2) is 31.9 Å². The minimum Gasteiger partial charge on any atom is -0.497 e. The van der Waals surface area contributed by atoms with Crippen LogP contribution < -0.4 is 15.8 Å². The Labute approximate surface area is 120 Å². The number of amides is 1. The number of benzene rings is 1. The van der Waals surface area contributed by atoms with Crippen molar-refractivity contribution in [1.29, 1.82) is 0 Å². The van der Waals surface area contributed by atoms with E-state index in [0.717, 1.165) is 0 Å². The molecule has 0 spiro atoms. The van der Waals surface area contributed by atoms with Crippen molar-refractivity contribution in [2.45, 2.75) is 25.6 Å². The molecule has 1 aromatic carbocycles. The Morgan fingerprint density at radius 3 is 2.62 bits per heavy atom. The van der Waals surface area contributed by atoms with Crippen molar-refractivity contribution in [2.24, 2.45) is 0 Å². The second-order valence-electron chi connectivity index (χ2n) is 4.32. The van der Waals surface area contributed by atoms with Crippen molar-refractivity contribution in [1.82, 2.24) is 0 Å². The molecule has 1 amide bonds. The van der Waals surface area contributed by atoms with E-state index < -0.39 is 31.2 Å². The quantitative estimate of drug-likeness (QED) is 0.792. The molecule has 1 aromatic rings. The average Bonchev–Trinajstić information content (AvgIpc) is 2.39.